The molecule has 2 N–H and O–H groups in total. The number of nitrogens with one attached hydrogen (secondary N) is 2. The van der Waals surface area contributed by atoms with Gasteiger partial charge >= 0.3 is 6.03 Å². The third kappa shape index (κ3) is 6.87. The number of piperidine rings is 1. The van der Waals surface area contributed by atoms with Gasteiger partial charge in [0.1, 0.15) is 0 Å². The zero-order chi connectivity index (χ0) is 16.5. The van der Waals surface area contributed by atoms with E-state index in [1.54, 1.807) is 0 Å². The summed E-state index contributed by atoms with van der Waals surface area (Å²) in [6.07, 6.45) is 7.79. The van der Waals surface area contributed by atoms with Crippen LogP contribution in [0.15, 0.2) is 0 Å². The maximum Gasteiger partial charge on any atom is 0.321 e. The number of carbonyl (C=O) groups is 2. The summed E-state index contributed by atoms with van der Waals surface area (Å²) in [7, 11) is 0. The lowest BCUT2D eigenvalue weighted by atomic mass is 9.97. The minimum absolute atomic E-state index is 0.202. The first-order valence-electron chi connectivity index (χ1n) is 9.19. The molecule has 3 amide bonds. The van der Waals surface area contributed by atoms with Gasteiger partial charge < -0.3 is 10.2 Å². The summed E-state index contributed by atoms with van der Waals surface area (Å²) in [5, 5.41) is 4.98. The number of likely N-dealkylation sites (tertiary alicyclic amines) is 2. The van der Waals surface area contributed by atoms with E-state index in [-0.39, 0.29) is 5.91 Å². The van der Waals surface area contributed by atoms with E-state index >= 15 is 0 Å². The van der Waals surface area contributed by atoms with Crippen molar-refractivity contribution >= 4 is 11.9 Å². The molecule has 2 rings (SSSR count). The van der Waals surface area contributed by atoms with Crippen LogP contribution >= 0.6 is 0 Å². The second kappa shape index (κ2) is 9.88. The van der Waals surface area contributed by atoms with Gasteiger partial charge in [0.2, 0.25) is 5.91 Å². The van der Waals surface area contributed by atoms with Crippen LogP contribution in [0.4, 0.5) is 4.79 Å². The number of carbonyl (C=O) groups excluding carboxylic acids is 2. The topological polar surface area (TPSA) is 64.7 Å². The second-order valence-electron chi connectivity index (χ2n) is 6.87. The summed E-state index contributed by atoms with van der Waals surface area (Å²) in [6, 6.07) is -0.393. The average molecular weight is 324 g/mol. The third-order valence-corrected chi connectivity index (χ3v) is 4.78. The lowest BCUT2D eigenvalue weighted by Gasteiger charge is -2.35. The van der Waals surface area contributed by atoms with Gasteiger partial charge in [-0.3, -0.25) is 15.0 Å². The van der Waals surface area contributed by atoms with Gasteiger partial charge in [0, 0.05) is 19.6 Å². The molecule has 0 aliphatic carbocycles. The normalized spacial score (nSPS) is 24.0. The van der Waals surface area contributed by atoms with Crippen molar-refractivity contribution in [3.63, 3.8) is 0 Å². The minimum Gasteiger partial charge on any atom is -0.338 e. The molecule has 2 heterocycles. The number of urea groups is 1. The van der Waals surface area contributed by atoms with Crippen LogP contribution in [-0.4, -0.2) is 67.6 Å². The number of nitrogens with zero attached hydrogens (tertiary/aromatic N) is 2. The molecule has 6 nitrogen and oxygen atoms in total. The van der Waals surface area contributed by atoms with Crippen LogP contribution in [0.5, 0.6) is 0 Å². The van der Waals surface area contributed by atoms with Gasteiger partial charge in [-0.15, -0.1) is 0 Å². The zero-order valence-corrected chi connectivity index (χ0v) is 14.5. The Hall–Kier alpha value is -1.14. The lowest BCUT2D eigenvalue weighted by molar-refractivity contribution is -0.121. The highest BCUT2D eigenvalue weighted by atomic mass is 16.2. The molecule has 0 aromatic heterocycles. The monoisotopic (exact) mass is 324 g/mol. The first-order valence-corrected chi connectivity index (χ1v) is 9.19. The molecule has 23 heavy (non-hydrogen) atoms. The van der Waals surface area contributed by atoms with Crippen LogP contribution in [0, 0.1) is 5.92 Å². The van der Waals surface area contributed by atoms with Crippen molar-refractivity contribution in [2.24, 2.45) is 5.92 Å². The smallest absolute Gasteiger partial charge is 0.321 e. The van der Waals surface area contributed by atoms with E-state index in [9.17, 15) is 9.59 Å². The molecule has 1 atom stereocenters. The van der Waals surface area contributed by atoms with Crippen LogP contribution in [0.1, 0.15) is 45.4 Å². The van der Waals surface area contributed by atoms with E-state index in [1.165, 1.54) is 45.2 Å². The Morgan fingerprint density at radius 2 is 1.70 bits per heavy atom. The SMILES string of the molecule is CCNC(=O)NC(=O)CN1CCCC(CN2CCCCCC2)C1. The van der Waals surface area contributed by atoms with Crippen LogP contribution in [-0.2, 0) is 4.79 Å². The van der Waals surface area contributed by atoms with Crippen molar-refractivity contribution in [3.05, 3.63) is 0 Å². The number of rotatable bonds is 5. The van der Waals surface area contributed by atoms with Crippen molar-refractivity contribution in [3.8, 4) is 0 Å². The van der Waals surface area contributed by atoms with E-state index in [4.69, 9.17) is 0 Å². The summed E-state index contributed by atoms with van der Waals surface area (Å²) < 4.78 is 0. The second-order valence-corrected chi connectivity index (χ2v) is 6.87. The third-order valence-electron chi connectivity index (χ3n) is 4.78. The van der Waals surface area contributed by atoms with Crippen molar-refractivity contribution < 1.29 is 9.59 Å². The van der Waals surface area contributed by atoms with Crippen LogP contribution in [0.2, 0.25) is 0 Å². The molecular weight excluding hydrogens is 292 g/mol. The fourth-order valence-corrected chi connectivity index (χ4v) is 3.70. The number of hydrogen-bond acceptors (Lipinski definition) is 4. The van der Waals surface area contributed by atoms with Gasteiger partial charge in [0.05, 0.1) is 6.54 Å². The lowest BCUT2D eigenvalue weighted by Crippen LogP contribution is -2.48. The number of amides is 3. The van der Waals surface area contributed by atoms with Gasteiger partial charge in [-0.25, -0.2) is 4.79 Å². The molecular formula is C17H32N4O2. The number of imide groups is 1. The highest BCUT2D eigenvalue weighted by Gasteiger charge is 2.24. The fraction of sp³-hybridized carbons (Fsp3) is 0.882. The first kappa shape index (κ1) is 18.2. The Kier molecular flexibility index (Phi) is 7.82. The van der Waals surface area contributed by atoms with Gasteiger partial charge in [-0.05, 0) is 58.2 Å². The van der Waals surface area contributed by atoms with E-state index in [1.807, 2.05) is 6.92 Å². The molecule has 2 saturated heterocycles. The Balaban J connectivity index is 1.72. The molecule has 0 radical (unpaired) electrons. The summed E-state index contributed by atoms with van der Waals surface area (Å²) in [6.45, 7) is 8.24. The molecule has 0 bridgehead atoms. The van der Waals surface area contributed by atoms with Crippen molar-refractivity contribution in [2.75, 3.05) is 45.8 Å². The molecule has 0 aromatic carbocycles. The predicted octanol–water partition coefficient (Wildman–Crippen LogP) is 1.42. The molecule has 0 aromatic rings. The van der Waals surface area contributed by atoms with Gasteiger partial charge in [-0.2, -0.15) is 0 Å². The Labute approximate surface area is 140 Å². The number of hydrogen-bond donors (Lipinski definition) is 2. The molecule has 6 heteroatoms. The maximum atomic E-state index is 11.9. The van der Waals surface area contributed by atoms with Crippen molar-refractivity contribution in [2.45, 2.75) is 45.4 Å². The Bertz CT molecular complexity index is 381. The Morgan fingerprint density at radius 1 is 1.00 bits per heavy atom. The fourth-order valence-electron chi connectivity index (χ4n) is 3.70. The van der Waals surface area contributed by atoms with E-state index < -0.39 is 6.03 Å². The van der Waals surface area contributed by atoms with Gasteiger partial charge in [0.25, 0.3) is 0 Å². The van der Waals surface area contributed by atoms with Gasteiger partial charge in [0.15, 0.2) is 0 Å². The predicted molar refractivity (Wildman–Crippen MR) is 91.3 cm³/mol. The van der Waals surface area contributed by atoms with Gasteiger partial charge in [-0.1, -0.05) is 12.8 Å². The molecule has 0 saturated carbocycles. The maximum absolute atomic E-state index is 11.9. The molecule has 2 aliphatic rings. The van der Waals surface area contributed by atoms with Crippen molar-refractivity contribution in [1.82, 2.24) is 20.4 Å². The quantitative estimate of drug-likeness (QED) is 0.803. The van der Waals surface area contributed by atoms with E-state index in [2.05, 4.69) is 20.4 Å². The minimum atomic E-state index is -0.393. The molecule has 132 valence electrons. The van der Waals surface area contributed by atoms with Crippen LogP contribution in [0.3, 0.4) is 0 Å². The zero-order valence-electron chi connectivity index (χ0n) is 14.5. The molecule has 2 aliphatic heterocycles. The molecule has 0 spiro atoms. The summed E-state index contributed by atoms with van der Waals surface area (Å²) in [5.41, 5.74) is 0. The summed E-state index contributed by atoms with van der Waals surface area (Å²) in [4.78, 5) is 28.1. The van der Waals surface area contributed by atoms with Crippen LogP contribution in [0.25, 0.3) is 0 Å². The molecule has 1 unspecified atom stereocenters. The van der Waals surface area contributed by atoms with E-state index in [0.29, 0.717) is 19.0 Å². The molecule has 2 fully saturated rings. The van der Waals surface area contributed by atoms with Crippen LogP contribution < -0.4 is 10.6 Å². The summed E-state index contributed by atoms with van der Waals surface area (Å²) >= 11 is 0. The highest BCUT2D eigenvalue weighted by molar-refractivity contribution is 5.95. The largest absolute Gasteiger partial charge is 0.338 e. The Morgan fingerprint density at radius 3 is 2.39 bits per heavy atom. The van der Waals surface area contributed by atoms with Crippen molar-refractivity contribution in [1.29, 1.82) is 0 Å². The standard InChI is InChI=1S/C17H32N4O2/c1-2-18-17(23)19-16(22)14-21-11-7-8-15(13-21)12-20-9-5-3-4-6-10-20/h15H,2-14H2,1H3,(H2,18,19,22,23). The summed E-state index contributed by atoms with van der Waals surface area (Å²) in [5.74, 6) is 0.450. The van der Waals surface area contributed by atoms with E-state index in [0.717, 1.165) is 26.1 Å². The average Bonchev–Trinajstić information content (AvgIpc) is 2.76. The highest BCUT2D eigenvalue weighted by Crippen LogP contribution is 2.19. The first-order chi connectivity index (χ1) is 11.2.